The van der Waals surface area contributed by atoms with Crippen molar-refractivity contribution in [3.63, 3.8) is 0 Å². The second-order valence-electron chi connectivity index (χ2n) is 12.0. The first-order valence-corrected chi connectivity index (χ1v) is 16.3. The van der Waals surface area contributed by atoms with Crippen molar-refractivity contribution < 1.29 is 0 Å². The van der Waals surface area contributed by atoms with Crippen LogP contribution in [-0.2, 0) is 0 Å². The van der Waals surface area contributed by atoms with Gasteiger partial charge >= 0.3 is 0 Å². The summed E-state index contributed by atoms with van der Waals surface area (Å²) in [6, 6.07) is 58.5. The smallest absolute Gasteiger partial charge is 0.0433 e. The molecule has 45 heavy (non-hydrogen) atoms. The lowest BCUT2D eigenvalue weighted by Crippen LogP contribution is -1.92. The lowest BCUT2D eigenvalue weighted by atomic mass is 9.83. The van der Waals surface area contributed by atoms with Crippen molar-refractivity contribution in [2.24, 2.45) is 0 Å². The minimum atomic E-state index is 1.26. The van der Waals surface area contributed by atoms with Crippen molar-refractivity contribution in [3.8, 4) is 22.3 Å². The van der Waals surface area contributed by atoms with Crippen LogP contribution < -0.4 is 0 Å². The molecule has 10 aromatic rings. The molecule has 0 aliphatic heterocycles. The van der Waals surface area contributed by atoms with Crippen LogP contribution in [0.25, 0.3) is 96.3 Å². The molecular weight excluding hydrogens is 561 g/mol. The molecule has 1 heterocycles. The summed E-state index contributed by atoms with van der Waals surface area (Å²) >= 11 is 1.90. The van der Waals surface area contributed by atoms with Gasteiger partial charge in [-0.3, -0.25) is 0 Å². The van der Waals surface area contributed by atoms with E-state index in [-0.39, 0.29) is 0 Å². The Morgan fingerprint density at radius 1 is 0.311 bits per heavy atom. The topological polar surface area (TPSA) is 0 Å². The lowest BCUT2D eigenvalue weighted by molar-refractivity contribution is 1.70. The monoisotopic (exact) mass is 586 g/mol. The van der Waals surface area contributed by atoms with Gasteiger partial charge in [0.25, 0.3) is 0 Å². The first-order valence-electron chi connectivity index (χ1n) is 15.5. The Labute approximate surface area is 264 Å². The van der Waals surface area contributed by atoms with E-state index in [1.165, 1.54) is 96.3 Å². The average Bonchev–Trinajstić information content (AvgIpc) is 3.49. The maximum Gasteiger partial charge on any atom is 0.0433 e. The quantitative estimate of drug-likeness (QED) is 0.140. The molecule has 0 bridgehead atoms. The van der Waals surface area contributed by atoms with Crippen molar-refractivity contribution in [2.45, 2.75) is 0 Å². The summed E-state index contributed by atoms with van der Waals surface area (Å²) in [5, 5.41) is 15.6. The molecule has 0 N–H and O–H groups in total. The summed E-state index contributed by atoms with van der Waals surface area (Å²) in [5.74, 6) is 0. The maximum absolute atomic E-state index is 2.43. The van der Waals surface area contributed by atoms with Crippen LogP contribution in [0.15, 0.2) is 158 Å². The van der Waals surface area contributed by atoms with Crippen LogP contribution in [0.1, 0.15) is 0 Å². The van der Waals surface area contributed by atoms with Crippen LogP contribution >= 0.6 is 11.3 Å². The Balaban J connectivity index is 1.32. The van der Waals surface area contributed by atoms with Gasteiger partial charge in [-0.1, -0.05) is 140 Å². The molecule has 0 fully saturated rings. The minimum absolute atomic E-state index is 1.26. The van der Waals surface area contributed by atoms with Gasteiger partial charge in [-0.25, -0.2) is 0 Å². The zero-order valence-electron chi connectivity index (χ0n) is 24.4. The van der Waals surface area contributed by atoms with Gasteiger partial charge in [0.1, 0.15) is 0 Å². The fourth-order valence-electron chi connectivity index (χ4n) is 7.65. The molecule has 0 amide bonds. The molecule has 0 nitrogen and oxygen atoms in total. The van der Waals surface area contributed by atoms with Gasteiger partial charge in [0.15, 0.2) is 0 Å². The predicted molar refractivity (Wildman–Crippen MR) is 198 cm³/mol. The van der Waals surface area contributed by atoms with Crippen molar-refractivity contribution in [3.05, 3.63) is 158 Å². The Hall–Kier alpha value is -5.50. The molecule has 0 radical (unpaired) electrons. The number of benzene rings is 9. The molecule has 0 unspecified atom stereocenters. The summed E-state index contributed by atoms with van der Waals surface area (Å²) in [6.07, 6.45) is 0. The van der Waals surface area contributed by atoms with Crippen molar-refractivity contribution in [1.82, 2.24) is 0 Å². The van der Waals surface area contributed by atoms with Gasteiger partial charge in [-0.05, 0) is 94.3 Å². The van der Waals surface area contributed by atoms with Crippen LogP contribution in [0.4, 0.5) is 0 Å². The molecule has 10 rings (SSSR count). The molecular formula is C44H26S. The molecule has 0 saturated carbocycles. The highest BCUT2D eigenvalue weighted by atomic mass is 32.1. The van der Waals surface area contributed by atoms with E-state index < -0.39 is 0 Å². The SMILES string of the molecule is c1ccc2c(c1)cc(-c1c3ccccc3c(-c3ccc4sc5c6ccccc6ccc5c4c3)c3ccccc13)c1ccccc12. The fourth-order valence-corrected chi connectivity index (χ4v) is 8.87. The summed E-state index contributed by atoms with van der Waals surface area (Å²) in [5.41, 5.74) is 5.16. The van der Waals surface area contributed by atoms with Gasteiger partial charge in [0, 0.05) is 20.2 Å². The summed E-state index contributed by atoms with van der Waals surface area (Å²) in [7, 11) is 0. The molecule has 208 valence electrons. The number of hydrogen-bond donors (Lipinski definition) is 0. The second kappa shape index (κ2) is 9.50. The van der Waals surface area contributed by atoms with E-state index in [1.807, 2.05) is 11.3 Å². The lowest BCUT2D eigenvalue weighted by Gasteiger charge is -2.19. The third-order valence-corrected chi connectivity index (χ3v) is 10.8. The molecule has 0 aliphatic carbocycles. The Morgan fingerprint density at radius 3 is 1.58 bits per heavy atom. The number of fused-ring (bicyclic) bond motifs is 10. The minimum Gasteiger partial charge on any atom is -0.135 e. The number of thiophene rings is 1. The first-order chi connectivity index (χ1) is 22.3. The van der Waals surface area contributed by atoms with E-state index >= 15 is 0 Å². The highest BCUT2D eigenvalue weighted by Gasteiger charge is 2.19. The first kappa shape index (κ1) is 24.9. The van der Waals surface area contributed by atoms with Crippen molar-refractivity contribution in [1.29, 1.82) is 0 Å². The molecule has 1 heteroatoms. The van der Waals surface area contributed by atoms with E-state index in [0.717, 1.165) is 0 Å². The molecule has 1 aromatic heterocycles. The van der Waals surface area contributed by atoms with Crippen LogP contribution in [0.5, 0.6) is 0 Å². The summed E-state index contributed by atoms with van der Waals surface area (Å²) < 4.78 is 2.70. The highest BCUT2D eigenvalue weighted by Crippen LogP contribution is 2.48. The van der Waals surface area contributed by atoms with E-state index in [9.17, 15) is 0 Å². The van der Waals surface area contributed by atoms with Gasteiger partial charge in [-0.15, -0.1) is 11.3 Å². The number of rotatable bonds is 2. The molecule has 0 aliphatic rings. The van der Waals surface area contributed by atoms with Crippen LogP contribution in [-0.4, -0.2) is 0 Å². The third kappa shape index (κ3) is 3.59. The second-order valence-corrected chi connectivity index (χ2v) is 13.1. The van der Waals surface area contributed by atoms with E-state index in [1.54, 1.807) is 0 Å². The fraction of sp³-hybridized carbons (Fsp3) is 0. The standard InChI is InChI=1S/C44H26S/c1-4-14-31-27(11-1)21-23-38-39-26-29(22-24-41(39)45-44(31)38)42-34-17-7-9-19-36(34)43(37-20-10-8-18-35(37)42)40-25-28-12-2-3-13-30(28)32-15-5-6-16-33(32)40/h1-26H. The van der Waals surface area contributed by atoms with Crippen molar-refractivity contribution >= 4 is 85.4 Å². The number of hydrogen-bond acceptors (Lipinski definition) is 1. The normalized spacial score (nSPS) is 12.0. The van der Waals surface area contributed by atoms with E-state index in [2.05, 4.69) is 158 Å². The molecule has 0 atom stereocenters. The largest absolute Gasteiger partial charge is 0.135 e. The zero-order valence-corrected chi connectivity index (χ0v) is 25.2. The molecule has 0 spiro atoms. The van der Waals surface area contributed by atoms with Crippen LogP contribution in [0, 0.1) is 0 Å². The van der Waals surface area contributed by atoms with Crippen molar-refractivity contribution in [2.75, 3.05) is 0 Å². The Bertz CT molecular complexity index is 2760. The Morgan fingerprint density at radius 2 is 0.867 bits per heavy atom. The van der Waals surface area contributed by atoms with E-state index in [4.69, 9.17) is 0 Å². The summed E-state index contributed by atoms with van der Waals surface area (Å²) in [6.45, 7) is 0. The third-order valence-electron chi connectivity index (χ3n) is 9.62. The van der Waals surface area contributed by atoms with Crippen LogP contribution in [0.3, 0.4) is 0 Å². The maximum atomic E-state index is 2.43. The van der Waals surface area contributed by atoms with Gasteiger partial charge in [-0.2, -0.15) is 0 Å². The average molecular weight is 587 g/mol. The molecule has 0 saturated heterocycles. The van der Waals surface area contributed by atoms with Gasteiger partial charge < -0.3 is 0 Å². The van der Waals surface area contributed by atoms with E-state index in [0.29, 0.717) is 0 Å². The van der Waals surface area contributed by atoms with Gasteiger partial charge in [0.2, 0.25) is 0 Å². The summed E-state index contributed by atoms with van der Waals surface area (Å²) in [4.78, 5) is 0. The molecule has 9 aromatic carbocycles. The van der Waals surface area contributed by atoms with Gasteiger partial charge in [0.05, 0.1) is 0 Å². The Kier molecular flexibility index (Phi) is 5.25. The van der Waals surface area contributed by atoms with Crippen LogP contribution in [0.2, 0.25) is 0 Å². The highest BCUT2D eigenvalue weighted by molar-refractivity contribution is 7.26. The predicted octanol–water partition coefficient (Wildman–Crippen LogP) is 13.2. The zero-order chi connectivity index (χ0) is 29.5.